The minimum Gasteiger partial charge on any atom is -0.550 e. The number of carboxylic acid groups (broad SMARTS) is 1. The van der Waals surface area contributed by atoms with E-state index >= 15 is 0 Å². The Morgan fingerprint density at radius 3 is 2.86 bits per heavy atom. The molecule has 118 valence electrons. The summed E-state index contributed by atoms with van der Waals surface area (Å²) in [6.07, 6.45) is 3.27. The Morgan fingerprint density at radius 1 is 1.41 bits per heavy atom. The summed E-state index contributed by atoms with van der Waals surface area (Å²) in [7, 11) is 0. The van der Waals surface area contributed by atoms with E-state index in [-0.39, 0.29) is 6.42 Å². The predicted octanol–water partition coefficient (Wildman–Crippen LogP) is 3.88. The van der Waals surface area contributed by atoms with Gasteiger partial charge in [-0.15, -0.1) is 11.8 Å². The fourth-order valence-corrected chi connectivity index (χ4v) is 3.99. The lowest BCUT2D eigenvalue weighted by atomic mass is 10.0. The van der Waals surface area contributed by atoms with Crippen LogP contribution in [0.3, 0.4) is 0 Å². The molecule has 0 aliphatic carbocycles. The number of aryl methyl sites for hydroxylation is 1. The van der Waals surface area contributed by atoms with Gasteiger partial charge in [-0.25, -0.2) is 0 Å². The number of aromatic nitrogens is 1. The number of carbonyl (C=O) groups excluding carboxylic acids is 1. The van der Waals surface area contributed by atoms with Crippen molar-refractivity contribution in [3.05, 3.63) is 33.9 Å². The number of thioether (sulfide) groups is 1. The number of carbonyl (C=O) groups is 1. The van der Waals surface area contributed by atoms with E-state index in [1.54, 1.807) is 11.8 Å². The molecule has 0 radical (unpaired) electrons. The van der Waals surface area contributed by atoms with Crippen molar-refractivity contribution < 1.29 is 9.90 Å². The summed E-state index contributed by atoms with van der Waals surface area (Å²) in [5.41, 5.74) is 3.24. The maximum Gasteiger partial charge on any atom is 0.0717 e. The number of rotatable bonds is 7. The molecule has 22 heavy (non-hydrogen) atoms. The van der Waals surface area contributed by atoms with Crippen molar-refractivity contribution in [2.75, 3.05) is 5.75 Å². The van der Waals surface area contributed by atoms with Crippen LogP contribution in [0.1, 0.15) is 37.4 Å². The van der Waals surface area contributed by atoms with E-state index in [4.69, 9.17) is 4.98 Å². The molecule has 0 unspecified atom stereocenters. The highest BCUT2D eigenvalue weighted by Crippen LogP contribution is 2.35. The molecular formula is C17H19BrNO2S-. The zero-order chi connectivity index (χ0) is 16.1. The van der Waals surface area contributed by atoms with Crippen LogP contribution in [-0.2, 0) is 11.2 Å². The summed E-state index contributed by atoms with van der Waals surface area (Å²) < 4.78 is 1.01. The molecule has 0 aliphatic rings. The quantitative estimate of drug-likeness (QED) is 0.683. The Hall–Kier alpha value is -1.07. The van der Waals surface area contributed by atoms with Crippen molar-refractivity contribution in [3.8, 4) is 0 Å². The van der Waals surface area contributed by atoms with Crippen LogP contribution in [0.4, 0.5) is 0 Å². The first-order chi connectivity index (χ1) is 10.5. The molecule has 0 saturated heterocycles. The maximum absolute atomic E-state index is 10.7. The summed E-state index contributed by atoms with van der Waals surface area (Å²) in [5.74, 6) is -0.481. The maximum atomic E-state index is 10.7. The Labute approximate surface area is 143 Å². The van der Waals surface area contributed by atoms with Crippen LogP contribution in [0, 0.1) is 6.92 Å². The molecule has 0 spiro atoms. The zero-order valence-electron chi connectivity index (χ0n) is 12.8. The molecule has 0 aliphatic heterocycles. The van der Waals surface area contributed by atoms with Crippen LogP contribution >= 0.6 is 27.7 Å². The van der Waals surface area contributed by atoms with Gasteiger partial charge in [0, 0.05) is 32.2 Å². The van der Waals surface area contributed by atoms with E-state index in [1.165, 1.54) is 10.5 Å². The highest BCUT2D eigenvalue weighted by Gasteiger charge is 2.13. The number of pyridine rings is 1. The van der Waals surface area contributed by atoms with Crippen molar-refractivity contribution >= 4 is 44.6 Å². The van der Waals surface area contributed by atoms with Crippen molar-refractivity contribution in [1.29, 1.82) is 0 Å². The number of aliphatic carboxylic acids is 1. The monoisotopic (exact) mass is 380 g/mol. The first kappa shape index (κ1) is 17.3. The Balaban J connectivity index is 2.48. The number of carboxylic acids is 1. The average Bonchev–Trinajstić information content (AvgIpc) is 2.46. The first-order valence-corrected chi connectivity index (χ1v) is 9.22. The Bertz CT molecular complexity index is 688. The van der Waals surface area contributed by atoms with Gasteiger partial charge in [-0.3, -0.25) is 4.98 Å². The molecule has 0 fully saturated rings. The standard InChI is InChI=1S/C17H20BrNO2S/c1-3-4-5-13-11(2)19-15-7-6-12(18)10-14(15)17(13)22-9-8-16(20)21/h6-7,10H,3-5,8-9H2,1-2H3,(H,20,21)/p-1. The lowest BCUT2D eigenvalue weighted by Crippen LogP contribution is -2.22. The number of benzene rings is 1. The zero-order valence-corrected chi connectivity index (χ0v) is 15.2. The second kappa shape index (κ2) is 7.97. The molecule has 0 N–H and O–H groups in total. The lowest BCUT2D eigenvalue weighted by molar-refractivity contribution is -0.305. The van der Waals surface area contributed by atoms with Crippen LogP contribution in [-0.4, -0.2) is 16.7 Å². The topological polar surface area (TPSA) is 53.0 Å². The van der Waals surface area contributed by atoms with Crippen molar-refractivity contribution in [2.24, 2.45) is 0 Å². The van der Waals surface area contributed by atoms with Gasteiger partial charge in [0.2, 0.25) is 0 Å². The summed E-state index contributed by atoms with van der Waals surface area (Å²) in [6.45, 7) is 4.21. The minimum atomic E-state index is -1.00. The largest absolute Gasteiger partial charge is 0.550 e. The summed E-state index contributed by atoms with van der Waals surface area (Å²) >= 11 is 5.11. The summed E-state index contributed by atoms with van der Waals surface area (Å²) in [5, 5.41) is 11.8. The number of halogens is 1. The fraction of sp³-hybridized carbons (Fsp3) is 0.412. The molecule has 1 aromatic carbocycles. The SMILES string of the molecule is CCCCc1c(C)nc2ccc(Br)cc2c1SCCC(=O)[O-]. The van der Waals surface area contributed by atoms with Crippen LogP contribution in [0.2, 0.25) is 0 Å². The van der Waals surface area contributed by atoms with Crippen LogP contribution in [0.25, 0.3) is 10.9 Å². The van der Waals surface area contributed by atoms with Gasteiger partial charge in [0.25, 0.3) is 0 Å². The van der Waals surface area contributed by atoms with Gasteiger partial charge in [-0.05, 0) is 49.9 Å². The minimum absolute atomic E-state index is 0.0642. The third kappa shape index (κ3) is 4.23. The molecule has 0 saturated carbocycles. The third-order valence-electron chi connectivity index (χ3n) is 3.54. The van der Waals surface area contributed by atoms with Gasteiger partial charge >= 0.3 is 0 Å². The highest BCUT2D eigenvalue weighted by atomic mass is 79.9. The van der Waals surface area contributed by atoms with E-state index in [9.17, 15) is 9.90 Å². The smallest absolute Gasteiger partial charge is 0.0717 e. The predicted molar refractivity (Wildman–Crippen MR) is 93.1 cm³/mol. The van der Waals surface area contributed by atoms with Crippen LogP contribution in [0.5, 0.6) is 0 Å². The molecule has 1 aromatic heterocycles. The third-order valence-corrected chi connectivity index (χ3v) is 5.19. The normalized spacial score (nSPS) is 11.0. The number of hydrogen-bond donors (Lipinski definition) is 0. The van der Waals surface area contributed by atoms with Crippen LogP contribution < -0.4 is 5.11 Å². The summed E-state index contributed by atoms with van der Waals surface area (Å²) in [6, 6.07) is 6.05. The van der Waals surface area contributed by atoms with Crippen molar-refractivity contribution in [2.45, 2.75) is 44.4 Å². The average molecular weight is 381 g/mol. The molecule has 3 nitrogen and oxygen atoms in total. The number of fused-ring (bicyclic) bond motifs is 1. The Morgan fingerprint density at radius 2 is 2.18 bits per heavy atom. The molecule has 0 amide bonds. The van der Waals surface area contributed by atoms with Gasteiger partial charge < -0.3 is 9.90 Å². The molecule has 0 bridgehead atoms. The second-order valence-electron chi connectivity index (χ2n) is 5.24. The van der Waals surface area contributed by atoms with E-state index in [2.05, 4.69) is 28.9 Å². The molecule has 5 heteroatoms. The second-order valence-corrected chi connectivity index (χ2v) is 7.26. The molecule has 2 aromatic rings. The van der Waals surface area contributed by atoms with E-state index in [0.29, 0.717) is 5.75 Å². The summed E-state index contributed by atoms with van der Waals surface area (Å²) in [4.78, 5) is 16.6. The molecular weight excluding hydrogens is 362 g/mol. The highest BCUT2D eigenvalue weighted by molar-refractivity contribution is 9.10. The van der Waals surface area contributed by atoms with Crippen LogP contribution in [0.15, 0.2) is 27.6 Å². The van der Waals surface area contributed by atoms with Gasteiger partial charge in [-0.2, -0.15) is 0 Å². The fourth-order valence-electron chi connectivity index (χ4n) is 2.41. The number of nitrogens with zero attached hydrogens (tertiary/aromatic N) is 1. The first-order valence-electron chi connectivity index (χ1n) is 7.44. The molecule has 2 rings (SSSR count). The van der Waals surface area contributed by atoms with E-state index in [0.717, 1.165) is 40.3 Å². The van der Waals surface area contributed by atoms with Gasteiger partial charge in [-0.1, -0.05) is 29.3 Å². The lowest BCUT2D eigenvalue weighted by Gasteiger charge is -2.15. The van der Waals surface area contributed by atoms with Gasteiger partial charge in [0.05, 0.1) is 5.52 Å². The van der Waals surface area contributed by atoms with E-state index < -0.39 is 5.97 Å². The van der Waals surface area contributed by atoms with E-state index in [1.807, 2.05) is 19.1 Å². The van der Waals surface area contributed by atoms with Gasteiger partial charge in [0.1, 0.15) is 0 Å². The number of hydrogen-bond acceptors (Lipinski definition) is 4. The van der Waals surface area contributed by atoms with Crippen molar-refractivity contribution in [3.63, 3.8) is 0 Å². The van der Waals surface area contributed by atoms with Crippen molar-refractivity contribution in [1.82, 2.24) is 4.98 Å². The molecule has 0 atom stereocenters. The Kier molecular flexibility index (Phi) is 6.26. The molecule has 1 heterocycles. The number of unbranched alkanes of at least 4 members (excludes halogenated alkanes) is 1. The van der Waals surface area contributed by atoms with Gasteiger partial charge in [0.15, 0.2) is 0 Å².